The Morgan fingerprint density at radius 3 is 2.52 bits per heavy atom. The number of nitrogens with zero attached hydrogens (tertiary/aromatic N) is 3. The number of carboxylic acids is 1. The molecule has 8 heteroatoms. The van der Waals surface area contributed by atoms with Crippen LogP contribution >= 0.6 is 0 Å². The molecule has 1 aromatic carbocycles. The molecule has 0 saturated carbocycles. The van der Waals surface area contributed by atoms with E-state index in [9.17, 15) is 9.59 Å². The van der Waals surface area contributed by atoms with Crippen LogP contribution in [0.4, 0.5) is 0 Å². The minimum atomic E-state index is -1.14. The van der Waals surface area contributed by atoms with Gasteiger partial charge in [0.1, 0.15) is 0 Å². The van der Waals surface area contributed by atoms with E-state index in [0.29, 0.717) is 18.7 Å². The highest BCUT2D eigenvalue weighted by molar-refractivity contribution is 5.94. The predicted molar refractivity (Wildman–Crippen MR) is 71.7 cm³/mol. The van der Waals surface area contributed by atoms with Gasteiger partial charge in [0.2, 0.25) is 0 Å². The van der Waals surface area contributed by atoms with Crippen LogP contribution < -0.4 is 5.32 Å². The van der Waals surface area contributed by atoms with Gasteiger partial charge in [-0.3, -0.25) is 4.79 Å². The first kappa shape index (κ1) is 14.7. The van der Waals surface area contributed by atoms with Crippen molar-refractivity contribution >= 4 is 11.9 Å². The summed E-state index contributed by atoms with van der Waals surface area (Å²) in [5, 5.41) is 27.4. The Hall–Kier alpha value is -2.74. The fourth-order valence-electron chi connectivity index (χ4n) is 1.65. The third-order valence-corrected chi connectivity index (χ3v) is 2.78. The number of rotatable bonds is 6. The maximum Gasteiger partial charge on any atom is 0.358 e. The number of benzene rings is 1. The number of aliphatic hydroxyl groups excluding tert-OH is 1. The Bertz CT molecular complexity index is 636. The average molecular weight is 290 g/mol. The molecule has 0 aliphatic heterocycles. The number of aliphatic hydroxyl groups is 1. The first-order valence-electron chi connectivity index (χ1n) is 6.21. The zero-order valence-electron chi connectivity index (χ0n) is 11.1. The van der Waals surface area contributed by atoms with Crippen molar-refractivity contribution in [3.05, 3.63) is 47.3 Å². The second kappa shape index (κ2) is 6.62. The Morgan fingerprint density at radius 1 is 1.24 bits per heavy atom. The number of carboxylic acid groups (broad SMARTS) is 1. The molecule has 1 heterocycles. The lowest BCUT2D eigenvalue weighted by Crippen LogP contribution is -2.27. The van der Waals surface area contributed by atoms with Gasteiger partial charge in [-0.1, -0.05) is 17.3 Å². The Morgan fingerprint density at radius 2 is 1.95 bits per heavy atom. The summed E-state index contributed by atoms with van der Waals surface area (Å²) in [5.41, 5.74) is 1.08. The molecule has 110 valence electrons. The minimum Gasteiger partial charge on any atom is -0.476 e. The third-order valence-electron chi connectivity index (χ3n) is 2.78. The molecule has 0 aliphatic carbocycles. The van der Waals surface area contributed by atoms with Gasteiger partial charge in [-0.25, -0.2) is 9.48 Å². The molecule has 0 bridgehead atoms. The number of hydrogen-bond acceptors (Lipinski definition) is 5. The number of aromatic nitrogens is 3. The summed E-state index contributed by atoms with van der Waals surface area (Å²) in [7, 11) is 0. The second-order valence-electron chi connectivity index (χ2n) is 4.28. The van der Waals surface area contributed by atoms with E-state index >= 15 is 0 Å². The molecule has 1 amide bonds. The third kappa shape index (κ3) is 3.86. The van der Waals surface area contributed by atoms with Crippen molar-refractivity contribution in [2.24, 2.45) is 0 Å². The zero-order valence-corrected chi connectivity index (χ0v) is 11.1. The van der Waals surface area contributed by atoms with Crippen molar-refractivity contribution in [3.8, 4) is 0 Å². The molecule has 0 aliphatic rings. The summed E-state index contributed by atoms with van der Waals surface area (Å²) in [6.07, 6.45) is 1.30. The van der Waals surface area contributed by atoms with Gasteiger partial charge in [0, 0.05) is 12.1 Å². The molecule has 1 aromatic heterocycles. The van der Waals surface area contributed by atoms with Crippen molar-refractivity contribution in [1.29, 1.82) is 0 Å². The van der Waals surface area contributed by atoms with Crippen LogP contribution in [0.2, 0.25) is 0 Å². The molecular weight excluding hydrogens is 276 g/mol. The van der Waals surface area contributed by atoms with Crippen LogP contribution in [0.25, 0.3) is 0 Å². The topological polar surface area (TPSA) is 117 Å². The van der Waals surface area contributed by atoms with E-state index in [1.165, 1.54) is 10.9 Å². The van der Waals surface area contributed by atoms with E-state index in [0.717, 1.165) is 5.56 Å². The van der Waals surface area contributed by atoms with E-state index in [2.05, 4.69) is 15.6 Å². The van der Waals surface area contributed by atoms with Crippen LogP contribution in [0, 0.1) is 0 Å². The van der Waals surface area contributed by atoms with Crippen molar-refractivity contribution in [2.45, 2.75) is 13.2 Å². The van der Waals surface area contributed by atoms with E-state index < -0.39 is 5.97 Å². The van der Waals surface area contributed by atoms with Gasteiger partial charge in [0.05, 0.1) is 19.3 Å². The number of amides is 1. The Kier molecular flexibility index (Phi) is 4.62. The second-order valence-corrected chi connectivity index (χ2v) is 4.28. The molecule has 0 spiro atoms. The molecule has 2 rings (SSSR count). The summed E-state index contributed by atoms with van der Waals surface area (Å²) in [6.45, 7) is 0.545. The largest absolute Gasteiger partial charge is 0.476 e. The van der Waals surface area contributed by atoms with Crippen LogP contribution in [0.3, 0.4) is 0 Å². The van der Waals surface area contributed by atoms with Crippen molar-refractivity contribution in [1.82, 2.24) is 20.3 Å². The monoisotopic (exact) mass is 290 g/mol. The lowest BCUT2D eigenvalue weighted by molar-refractivity contribution is 0.0690. The number of hydrogen-bond donors (Lipinski definition) is 3. The van der Waals surface area contributed by atoms with Gasteiger partial charge >= 0.3 is 5.97 Å². The smallest absolute Gasteiger partial charge is 0.358 e. The summed E-state index contributed by atoms with van der Waals surface area (Å²) in [5.74, 6) is -1.40. The van der Waals surface area contributed by atoms with Gasteiger partial charge in [0.15, 0.2) is 5.69 Å². The molecule has 0 fully saturated rings. The Labute approximate surface area is 120 Å². The standard InChI is InChI=1S/C13H14N4O4/c18-8-9-1-3-10(4-2-9)12(19)14-5-6-17-7-11(13(20)21)15-16-17/h1-4,7,18H,5-6,8H2,(H,14,19)(H,20,21). The molecule has 0 saturated heterocycles. The normalized spacial score (nSPS) is 10.3. The Balaban J connectivity index is 1.84. The van der Waals surface area contributed by atoms with E-state index in [4.69, 9.17) is 10.2 Å². The number of carbonyl (C=O) groups is 2. The van der Waals surface area contributed by atoms with Gasteiger partial charge in [0.25, 0.3) is 5.91 Å². The van der Waals surface area contributed by atoms with Gasteiger partial charge in [-0.15, -0.1) is 5.10 Å². The van der Waals surface area contributed by atoms with Crippen LogP contribution in [-0.2, 0) is 13.2 Å². The van der Waals surface area contributed by atoms with Gasteiger partial charge < -0.3 is 15.5 Å². The van der Waals surface area contributed by atoms with E-state index in [1.807, 2.05) is 0 Å². The lowest BCUT2D eigenvalue weighted by Gasteiger charge is -2.05. The van der Waals surface area contributed by atoms with Crippen LogP contribution in [-0.4, -0.2) is 43.6 Å². The predicted octanol–water partition coefficient (Wildman–Crippen LogP) is -0.101. The summed E-state index contributed by atoms with van der Waals surface area (Å²) in [4.78, 5) is 22.5. The molecular formula is C13H14N4O4. The number of carbonyl (C=O) groups excluding carboxylic acids is 1. The summed E-state index contributed by atoms with van der Waals surface area (Å²) in [6, 6.07) is 6.59. The van der Waals surface area contributed by atoms with Crippen molar-refractivity contribution in [3.63, 3.8) is 0 Å². The van der Waals surface area contributed by atoms with Crippen molar-refractivity contribution in [2.75, 3.05) is 6.54 Å². The molecule has 0 atom stereocenters. The molecule has 8 nitrogen and oxygen atoms in total. The van der Waals surface area contributed by atoms with Crippen LogP contribution in [0.15, 0.2) is 30.5 Å². The lowest BCUT2D eigenvalue weighted by atomic mass is 10.1. The highest BCUT2D eigenvalue weighted by Gasteiger charge is 2.08. The zero-order chi connectivity index (χ0) is 15.2. The highest BCUT2D eigenvalue weighted by Crippen LogP contribution is 2.04. The molecule has 2 aromatic rings. The maximum absolute atomic E-state index is 11.8. The maximum atomic E-state index is 11.8. The highest BCUT2D eigenvalue weighted by atomic mass is 16.4. The minimum absolute atomic E-state index is 0.0693. The summed E-state index contributed by atoms with van der Waals surface area (Å²) < 4.78 is 1.35. The SMILES string of the molecule is O=C(NCCn1cc(C(=O)O)nn1)c1ccc(CO)cc1. The first-order chi connectivity index (χ1) is 10.1. The van der Waals surface area contributed by atoms with Crippen molar-refractivity contribution < 1.29 is 19.8 Å². The fraction of sp³-hybridized carbons (Fsp3) is 0.231. The summed E-state index contributed by atoms with van der Waals surface area (Å²) >= 11 is 0. The fourth-order valence-corrected chi connectivity index (χ4v) is 1.65. The molecule has 0 unspecified atom stereocenters. The van der Waals surface area contributed by atoms with Crippen LogP contribution in [0.1, 0.15) is 26.4 Å². The van der Waals surface area contributed by atoms with E-state index in [-0.39, 0.29) is 18.2 Å². The number of nitrogens with one attached hydrogen (secondary N) is 1. The molecule has 3 N–H and O–H groups in total. The first-order valence-corrected chi connectivity index (χ1v) is 6.21. The van der Waals surface area contributed by atoms with Gasteiger partial charge in [-0.2, -0.15) is 0 Å². The van der Waals surface area contributed by atoms with Crippen LogP contribution in [0.5, 0.6) is 0 Å². The average Bonchev–Trinajstić information content (AvgIpc) is 2.96. The molecule has 0 radical (unpaired) electrons. The number of aromatic carboxylic acids is 1. The van der Waals surface area contributed by atoms with Gasteiger partial charge in [-0.05, 0) is 17.7 Å². The molecule has 21 heavy (non-hydrogen) atoms. The van der Waals surface area contributed by atoms with E-state index in [1.54, 1.807) is 24.3 Å². The quantitative estimate of drug-likeness (QED) is 0.683.